The molecule has 18 nitrogen and oxygen atoms in total. The number of hydrogen-bond donors (Lipinski definition) is 6. The minimum Gasteiger partial charge on any atom is -0.456 e. The summed E-state index contributed by atoms with van der Waals surface area (Å²) in [7, 11) is 1.24. The number of esters is 1. The van der Waals surface area contributed by atoms with Crippen molar-refractivity contribution in [2.75, 3.05) is 7.11 Å². The van der Waals surface area contributed by atoms with Crippen molar-refractivity contribution in [3.05, 3.63) is 44.9 Å². The number of nitrogens with zero attached hydrogens (tertiary/aromatic N) is 1. The van der Waals surface area contributed by atoms with E-state index in [1.54, 1.807) is 0 Å². The van der Waals surface area contributed by atoms with E-state index in [-0.39, 0.29) is 12.5 Å². The van der Waals surface area contributed by atoms with Crippen molar-refractivity contribution in [2.24, 2.45) is 5.73 Å². The molecular weight excluding hydrogens is 746 g/mol. The Morgan fingerprint density at radius 1 is 0.982 bits per heavy atom. The number of aliphatic hydroxyl groups is 2. The maximum atomic E-state index is 13.2. The zero-order chi connectivity index (χ0) is 41.5. The van der Waals surface area contributed by atoms with Crippen molar-refractivity contribution >= 4 is 23.7 Å². The molecular formula is C39H61N5O13. The van der Waals surface area contributed by atoms with Crippen LogP contribution in [0.4, 0.5) is 0 Å². The minimum atomic E-state index is -1.88. The average Bonchev–Trinajstić information content (AvgIpc) is 3.42. The summed E-state index contributed by atoms with van der Waals surface area (Å²) in [6.07, 6.45) is 4.22. The zero-order valence-electron chi connectivity index (χ0n) is 33.2. The van der Waals surface area contributed by atoms with Gasteiger partial charge in [-0.15, -0.1) is 0 Å². The highest BCUT2D eigenvalue weighted by Gasteiger charge is 2.54. The number of unbranched alkanes of at least 4 members (excludes halogenated alkanes) is 11. The van der Waals surface area contributed by atoms with E-state index in [0.29, 0.717) is 19.3 Å². The first kappa shape index (κ1) is 45.6. The number of carbonyl (C=O) groups excluding carboxylic acids is 4. The number of carbonyl (C=O) groups is 4. The summed E-state index contributed by atoms with van der Waals surface area (Å²) in [5.74, 6) is -3.55. The first-order valence-electron chi connectivity index (χ1n) is 20.3. The molecule has 0 unspecified atom stereocenters. The molecule has 4 rings (SSSR count). The van der Waals surface area contributed by atoms with Gasteiger partial charge in [0.25, 0.3) is 11.5 Å². The number of primary amides is 1. The number of ether oxygens (including phenoxy) is 5. The monoisotopic (exact) mass is 807 g/mol. The van der Waals surface area contributed by atoms with Crippen LogP contribution in [-0.2, 0) is 42.9 Å². The molecule has 10 atom stereocenters. The van der Waals surface area contributed by atoms with E-state index in [0.717, 1.165) is 55.0 Å². The van der Waals surface area contributed by atoms with Gasteiger partial charge in [0.15, 0.2) is 24.2 Å². The van der Waals surface area contributed by atoms with Gasteiger partial charge >= 0.3 is 11.7 Å². The van der Waals surface area contributed by atoms with E-state index >= 15 is 0 Å². The number of aromatic nitrogens is 2. The highest BCUT2D eigenvalue weighted by Crippen LogP contribution is 2.36. The van der Waals surface area contributed by atoms with Crippen LogP contribution in [0, 0.1) is 0 Å². The van der Waals surface area contributed by atoms with Gasteiger partial charge in [-0.3, -0.25) is 33.5 Å². The molecule has 0 bridgehead atoms. The number of nitrogens with one attached hydrogen (secondary N) is 3. The molecule has 3 aliphatic heterocycles. The molecule has 1 aromatic rings. The van der Waals surface area contributed by atoms with E-state index in [1.165, 1.54) is 52.1 Å². The fraction of sp³-hybridized carbons (Fsp3) is 0.744. The largest absolute Gasteiger partial charge is 0.456 e. The summed E-state index contributed by atoms with van der Waals surface area (Å²) in [6, 6.07) is 0.0817. The Hall–Kier alpha value is -4.10. The third-order valence-electron chi connectivity index (χ3n) is 10.5. The Labute approximate surface area is 332 Å². The Balaban J connectivity index is 1.42. The van der Waals surface area contributed by atoms with Crippen LogP contribution < -0.4 is 27.6 Å². The molecule has 0 radical (unpaired) electrons. The smallest absolute Gasteiger partial charge is 0.330 e. The van der Waals surface area contributed by atoms with Crippen LogP contribution in [0.25, 0.3) is 0 Å². The molecule has 0 aliphatic carbocycles. The van der Waals surface area contributed by atoms with Crippen molar-refractivity contribution < 1.29 is 53.1 Å². The molecule has 7 N–H and O–H groups in total. The number of aliphatic hydroxyl groups excluding tert-OH is 2. The Bertz CT molecular complexity index is 1630. The Morgan fingerprint density at radius 2 is 1.63 bits per heavy atom. The molecule has 0 spiro atoms. The SMILES string of the molecule is CCCCCCCCCCCCCCC(=O)O[C@@H]1[C@H](OC)[C@@H]([C@@H](O[C@@H]2OC(C(=O)N[C@H]3CCC[C@@H](C)NC3=O)=C[C@@H](O)[C@H]2O)C(N)=O)O[C@H]1n1ccc(=O)[nH]c1=O. The molecule has 0 aromatic carbocycles. The molecule has 2 fully saturated rings. The number of aromatic amines is 1. The molecule has 0 saturated carbocycles. The van der Waals surface area contributed by atoms with Gasteiger partial charge in [-0.05, 0) is 38.7 Å². The van der Waals surface area contributed by atoms with Crippen molar-refractivity contribution in [2.45, 2.75) is 178 Å². The standard InChI is InChI=1S/C39H61N5O13/c1-4-5-6-7-8-9-10-11-12-13-14-15-19-28(47)55-33-30(53-3)31(56-37(33)44-21-20-27(46)43-39(44)52)32(34(40)49)57-38-29(48)25(45)22-26(54-38)36(51)42-24-18-16-17-23(2)41-35(24)50/h20-25,29-33,37-38,45,48H,4-19H2,1-3H3,(H2,40,49)(H,41,50)(H,42,51)(H,43,46,52)/t23-,24+,25-,29-,30-,31+,32-,33-,37-,38+/m1/s1. The predicted molar refractivity (Wildman–Crippen MR) is 204 cm³/mol. The number of H-pyrrole nitrogens is 1. The Kier molecular flexibility index (Phi) is 18.2. The van der Waals surface area contributed by atoms with Gasteiger partial charge in [0.1, 0.15) is 30.5 Å². The maximum Gasteiger partial charge on any atom is 0.330 e. The predicted octanol–water partition coefficient (Wildman–Crippen LogP) is 1.46. The average molecular weight is 808 g/mol. The lowest BCUT2D eigenvalue weighted by molar-refractivity contribution is -0.241. The lowest BCUT2D eigenvalue weighted by atomic mass is 10.0. The highest BCUT2D eigenvalue weighted by atomic mass is 16.7. The van der Waals surface area contributed by atoms with Gasteiger partial charge in [0.2, 0.25) is 18.1 Å². The van der Waals surface area contributed by atoms with Crippen LogP contribution in [0.5, 0.6) is 0 Å². The van der Waals surface area contributed by atoms with Crippen LogP contribution >= 0.6 is 0 Å². The van der Waals surface area contributed by atoms with Gasteiger partial charge in [-0.2, -0.15) is 0 Å². The van der Waals surface area contributed by atoms with Crippen molar-refractivity contribution in [1.82, 2.24) is 20.2 Å². The third kappa shape index (κ3) is 13.2. The van der Waals surface area contributed by atoms with E-state index in [4.69, 9.17) is 29.4 Å². The summed E-state index contributed by atoms with van der Waals surface area (Å²) < 4.78 is 30.0. The van der Waals surface area contributed by atoms with Gasteiger partial charge < -0.3 is 50.3 Å². The van der Waals surface area contributed by atoms with Gasteiger partial charge in [-0.25, -0.2) is 4.79 Å². The van der Waals surface area contributed by atoms with Crippen molar-refractivity contribution in [3.8, 4) is 0 Å². The number of rotatable bonds is 22. The van der Waals surface area contributed by atoms with Gasteiger partial charge in [0, 0.05) is 31.8 Å². The van der Waals surface area contributed by atoms with Crippen LogP contribution in [0.15, 0.2) is 33.7 Å². The molecule has 3 amide bonds. The van der Waals surface area contributed by atoms with Crippen LogP contribution in [0.2, 0.25) is 0 Å². The topological polar surface area (TPSA) is 260 Å². The molecule has 4 heterocycles. The number of hydrogen-bond acceptors (Lipinski definition) is 13. The zero-order valence-corrected chi connectivity index (χ0v) is 33.2. The lowest BCUT2D eigenvalue weighted by Gasteiger charge is -2.35. The maximum absolute atomic E-state index is 13.2. The molecule has 57 heavy (non-hydrogen) atoms. The lowest BCUT2D eigenvalue weighted by Crippen LogP contribution is -2.54. The summed E-state index contributed by atoms with van der Waals surface area (Å²) >= 11 is 0. The third-order valence-corrected chi connectivity index (χ3v) is 10.5. The first-order valence-corrected chi connectivity index (χ1v) is 20.3. The molecule has 18 heteroatoms. The molecule has 1 aromatic heterocycles. The quantitative estimate of drug-likeness (QED) is 0.0717. The number of nitrogens with two attached hydrogens (primary N) is 1. The summed E-state index contributed by atoms with van der Waals surface area (Å²) in [5, 5.41) is 26.8. The highest BCUT2D eigenvalue weighted by molar-refractivity contribution is 5.95. The van der Waals surface area contributed by atoms with Crippen LogP contribution in [0.1, 0.15) is 123 Å². The second kappa shape index (κ2) is 22.7. The molecule has 3 aliphatic rings. The number of methoxy groups -OCH3 is 1. The van der Waals surface area contributed by atoms with Crippen molar-refractivity contribution in [3.63, 3.8) is 0 Å². The molecule has 2 saturated heterocycles. The van der Waals surface area contributed by atoms with Gasteiger partial charge in [0.05, 0.1) is 0 Å². The minimum absolute atomic E-state index is 0.0523. The van der Waals surface area contributed by atoms with E-state index < -0.39 is 95.9 Å². The Morgan fingerprint density at radius 3 is 2.25 bits per heavy atom. The second-order valence-corrected chi connectivity index (χ2v) is 15.1. The van der Waals surface area contributed by atoms with Crippen LogP contribution in [0.3, 0.4) is 0 Å². The fourth-order valence-electron chi connectivity index (χ4n) is 7.35. The summed E-state index contributed by atoms with van der Waals surface area (Å²) in [6.45, 7) is 4.05. The fourth-order valence-corrected chi connectivity index (χ4v) is 7.35. The van der Waals surface area contributed by atoms with Gasteiger partial charge in [-0.1, -0.05) is 77.6 Å². The van der Waals surface area contributed by atoms with E-state index in [2.05, 4.69) is 22.5 Å². The second-order valence-electron chi connectivity index (χ2n) is 15.1. The number of amides is 3. The van der Waals surface area contributed by atoms with Crippen LogP contribution in [-0.4, -0.2) is 106 Å². The van der Waals surface area contributed by atoms with Crippen molar-refractivity contribution in [1.29, 1.82) is 0 Å². The first-order chi connectivity index (χ1) is 27.3. The summed E-state index contributed by atoms with van der Waals surface area (Å²) in [4.78, 5) is 79.0. The van der Waals surface area contributed by atoms with E-state index in [9.17, 15) is 39.0 Å². The molecule has 320 valence electrons. The summed E-state index contributed by atoms with van der Waals surface area (Å²) in [5.41, 5.74) is 4.16. The van der Waals surface area contributed by atoms with E-state index in [1.807, 2.05) is 6.92 Å². The normalized spacial score (nSPS) is 28.1.